The van der Waals surface area contributed by atoms with Gasteiger partial charge in [0, 0.05) is 13.0 Å². The minimum absolute atomic E-state index is 0.609. The van der Waals surface area contributed by atoms with Gasteiger partial charge in [-0.05, 0) is 30.4 Å². The number of hydrogen-bond acceptors (Lipinski definition) is 1. The number of ether oxygens (including phenoxy) is 1. The predicted octanol–water partition coefficient (Wildman–Crippen LogP) is 2.86. The van der Waals surface area contributed by atoms with Crippen molar-refractivity contribution in [3.63, 3.8) is 0 Å². The van der Waals surface area contributed by atoms with Gasteiger partial charge >= 0.3 is 0 Å². The molecular weight excluding hydrogens is 160 g/mol. The molecule has 0 aliphatic heterocycles. The van der Waals surface area contributed by atoms with Gasteiger partial charge in [-0.25, -0.2) is 0 Å². The van der Waals surface area contributed by atoms with Crippen molar-refractivity contribution in [3.05, 3.63) is 35.5 Å². The van der Waals surface area contributed by atoms with Gasteiger partial charge in [0.05, 0.1) is 6.61 Å². The first-order valence-corrected chi connectivity index (χ1v) is 4.89. The van der Waals surface area contributed by atoms with E-state index in [4.69, 9.17) is 4.74 Å². The van der Waals surface area contributed by atoms with Crippen LogP contribution in [-0.2, 0) is 4.74 Å². The average molecular weight is 176 g/mol. The first kappa shape index (κ1) is 8.76. The van der Waals surface area contributed by atoms with Gasteiger partial charge in [0.1, 0.15) is 0 Å². The molecule has 2 aliphatic carbocycles. The number of allylic oxidation sites excluding steroid dienone is 4. The molecule has 0 radical (unpaired) electrons. The molecule has 0 aromatic heterocycles. The van der Waals surface area contributed by atoms with E-state index >= 15 is 0 Å². The molecule has 0 N–H and O–H groups in total. The molecule has 2 aliphatic rings. The maximum absolute atomic E-state index is 5.22. The molecule has 0 saturated heterocycles. The highest BCUT2D eigenvalue weighted by molar-refractivity contribution is 5.50. The van der Waals surface area contributed by atoms with E-state index < -0.39 is 0 Å². The van der Waals surface area contributed by atoms with Crippen molar-refractivity contribution in [2.24, 2.45) is 5.92 Å². The summed E-state index contributed by atoms with van der Waals surface area (Å²) in [5, 5.41) is 0. The van der Waals surface area contributed by atoms with E-state index in [1.54, 1.807) is 12.7 Å². The minimum Gasteiger partial charge on any atom is -0.384 e. The Balaban J connectivity index is 2.23. The number of methoxy groups -OCH3 is 1. The smallest absolute Gasteiger partial charge is 0.0531 e. The van der Waals surface area contributed by atoms with E-state index in [-0.39, 0.29) is 0 Å². The lowest BCUT2D eigenvalue weighted by atomic mass is 9.94. The Morgan fingerprint density at radius 2 is 2.46 bits per heavy atom. The summed E-state index contributed by atoms with van der Waals surface area (Å²) in [6, 6.07) is 0. The first-order chi connectivity index (χ1) is 6.33. The zero-order valence-corrected chi connectivity index (χ0v) is 8.18. The molecule has 0 bridgehead atoms. The Labute approximate surface area is 79.8 Å². The van der Waals surface area contributed by atoms with Crippen LogP contribution < -0.4 is 0 Å². The van der Waals surface area contributed by atoms with Gasteiger partial charge in [0.25, 0.3) is 0 Å². The van der Waals surface area contributed by atoms with Crippen molar-refractivity contribution in [1.29, 1.82) is 0 Å². The topological polar surface area (TPSA) is 9.23 Å². The third-order valence-corrected chi connectivity index (χ3v) is 2.95. The Morgan fingerprint density at radius 1 is 1.62 bits per heavy atom. The van der Waals surface area contributed by atoms with Crippen LogP contribution in [0, 0.1) is 5.92 Å². The van der Waals surface area contributed by atoms with Crippen molar-refractivity contribution in [3.8, 4) is 0 Å². The highest BCUT2D eigenvalue weighted by Crippen LogP contribution is 2.40. The molecule has 1 atom stereocenters. The van der Waals surface area contributed by atoms with E-state index in [0.717, 1.165) is 13.0 Å². The monoisotopic (exact) mass is 176 g/mol. The fourth-order valence-corrected chi connectivity index (χ4v) is 2.34. The van der Waals surface area contributed by atoms with Gasteiger partial charge in [-0.1, -0.05) is 24.3 Å². The fourth-order valence-electron chi connectivity index (χ4n) is 2.34. The van der Waals surface area contributed by atoms with Crippen LogP contribution in [0.25, 0.3) is 0 Å². The second-order valence-electron chi connectivity index (χ2n) is 3.84. The maximum atomic E-state index is 5.22. The standard InChI is InChI=1S/C12H16O/c1-9-7-10(8-13-2)12-6-4-3-5-11(9)12/h3,5,10H,1,4,6-8H2,2H3. The molecule has 0 aromatic rings. The summed E-state index contributed by atoms with van der Waals surface area (Å²) in [5.74, 6) is 0.609. The van der Waals surface area contributed by atoms with Crippen LogP contribution in [0.5, 0.6) is 0 Å². The van der Waals surface area contributed by atoms with Crippen LogP contribution in [0.1, 0.15) is 19.3 Å². The highest BCUT2D eigenvalue weighted by Gasteiger charge is 2.27. The molecule has 70 valence electrons. The largest absolute Gasteiger partial charge is 0.384 e. The molecule has 1 heteroatoms. The number of hydrogen-bond donors (Lipinski definition) is 0. The lowest BCUT2D eigenvalue weighted by Gasteiger charge is -2.15. The third-order valence-electron chi connectivity index (χ3n) is 2.95. The van der Waals surface area contributed by atoms with E-state index in [9.17, 15) is 0 Å². The van der Waals surface area contributed by atoms with Crippen LogP contribution in [0.15, 0.2) is 35.5 Å². The fraction of sp³-hybridized carbons (Fsp3) is 0.500. The Bertz CT molecular complexity index is 283. The average Bonchev–Trinajstić information content (AvgIpc) is 2.46. The lowest BCUT2D eigenvalue weighted by Crippen LogP contribution is -2.08. The van der Waals surface area contributed by atoms with Gasteiger partial charge < -0.3 is 4.74 Å². The van der Waals surface area contributed by atoms with Crippen LogP contribution in [0.2, 0.25) is 0 Å². The molecule has 2 rings (SSSR count). The minimum atomic E-state index is 0.609. The zero-order chi connectivity index (χ0) is 9.26. The van der Waals surface area contributed by atoms with Crippen molar-refractivity contribution in [1.82, 2.24) is 0 Å². The van der Waals surface area contributed by atoms with Gasteiger partial charge in [0.2, 0.25) is 0 Å². The molecule has 0 amide bonds. The summed E-state index contributed by atoms with van der Waals surface area (Å²) in [6.07, 6.45) is 7.98. The predicted molar refractivity (Wildman–Crippen MR) is 54.5 cm³/mol. The van der Waals surface area contributed by atoms with Crippen molar-refractivity contribution < 1.29 is 4.74 Å². The molecule has 0 heterocycles. The van der Waals surface area contributed by atoms with Crippen molar-refractivity contribution in [2.45, 2.75) is 19.3 Å². The summed E-state index contributed by atoms with van der Waals surface area (Å²) in [7, 11) is 1.78. The van der Waals surface area contributed by atoms with E-state index in [1.807, 2.05) is 0 Å². The van der Waals surface area contributed by atoms with Crippen molar-refractivity contribution in [2.75, 3.05) is 13.7 Å². The molecule has 0 fully saturated rings. The SMILES string of the molecule is C=C1CC(COC)C2=C1C=CCC2. The van der Waals surface area contributed by atoms with Gasteiger partial charge in [-0.2, -0.15) is 0 Å². The van der Waals surface area contributed by atoms with E-state index in [2.05, 4.69) is 18.7 Å². The summed E-state index contributed by atoms with van der Waals surface area (Å²) in [5.41, 5.74) is 4.29. The Kier molecular flexibility index (Phi) is 2.36. The molecule has 0 aromatic carbocycles. The highest BCUT2D eigenvalue weighted by atomic mass is 16.5. The van der Waals surface area contributed by atoms with Gasteiger partial charge in [-0.15, -0.1) is 0 Å². The maximum Gasteiger partial charge on any atom is 0.0531 e. The molecule has 0 spiro atoms. The number of rotatable bonds is 2. The van der Waals surface area contributed by atoms with Gasteiger partial charge in [-0.3, -0.25) is 0 Å². The Morgan fingerprint density at radius 3 is 3.23 bits per heavy atom. The van der Waals surface area contributed by atoms with Gasteiger partial charge in [0.15, 0.2) is 0 Å². The molecular formula is C12H16O. The Hall–Kier alpha value is -0.820. The summed E-state index contributed by atoms with van der Waals surface area (Å²) < 4.78 is 5.22. The summed E-state index contributed by atoms with van der Waals surface area (Å²) in [6.45, 7) is 4.96. The second-order valence-corrected chi connectivity index (χ2v) is 3.84. The molecule has 0 saturated carbocycles. The van der Waals surface area contributed by atoms with Crippen molar-refractivity contribution >= 4 is 0 Å². The lowest BCUT2D eigenvalue weighted by molar-refractivity contribution is 0.167. The second kappa shape index (κ2) is 3.51. The first-order valence-electron chi connectivity index (χ1n) is 4.89. The van der Waals surface area contributed by atoms with Crippen LogP contribution >= 0.6 is 0 Å². The molecule has 13 heavy (non-hydrogen) atoms. The van der Waals surface area contributed by atoms with Crippen LogP contribution in [0.4, 0.5) is 0 Å². The third kappa shape index (κ3) is 1.49. The normalized spacial score (nSPS) is 26.8. The molecule has 1 nitrogen and oxygen atoms in total. The van der Waals surface area contributed by atoms with Crippen LogP contribution in [-0.4, -0.2) is 13.7 Å². The van der Waals surface area contributed by atoms with E-state index in [1.165, 1.54) is 24.0 Å². The quantitative estimate of drug-likeness (QED) is 0.628. The van der Waals surface area contributed by atoms with Crippen LogP contribution in [0.3, 0.4) is 0 Å². The summed E-state index contributed by atoms with van der Waals surface area (Å²) in [4.78, 5) is 0. The summed E-state index contributed by atoms with van der Waals surface area (Å²) >= 11 is 0. The zero-order valence-electron chi connectivity index (χ0n) is 8.18. The molecule has 1 unspecified atom stereocenters. The van der Waals surface area contributed by atoms with E-state index in [0.29, 0.717) is 5.92 Å².